The zero-order chi connectivity index (χ0) is 25.4. The molecule has 190 valence electrons. The minimum absolute atomic E-state index is 0.0281. The fraction of sp³-hybridized carbons (Fsp3) is 0.333. The number of anilines is 1. The average molecular weight is 504 g/mol. The summed E-state index contributed by atoms with van der Waals surface area (Å²) in [4.78, 5) is 11.1. The molecule has 0 radical (unpaired) electrons. The first kappa shape index (κ1) is 23.7. The van der Waals surface area contributed by atoms with Gasteiger partial charge < -0.3 is 24.2 Å². The third kappa shape index (κ3) is 4.71. The van der Waals surface area contributed by atoms with Gasteiger partial charge in [0.25, 0.3) is 0 Å². The number of aliphatic hydroxyl groups is 1. The number of benzene rings is 2. The van der Waals surface area contributed by atoms with Crippen molar-refractivity contribution >= 4 is 16.6 Å². The topological polar surface area (TPSA) is 103 Å². The van der Waals surface area contributed by atoms with E-state index in [0.717, 1.165) is 29.7 Å². The van der Waals surface area contributed by atoms with Crippen LogP contribution in [0.15, 0.2) is 48.8 Å². The van der Waals surface area contributed by atoms with E-state index in [1.165, 1.54) is 12.4 Å². The number of hydrogen-bond donors (Lipinski definition) is 1. The van der Waals surface area contributed by atoms with Crippen molar-refractivity contribution in [2.75, 3.05) is 44.4 Å². The summed E-state index contributed by atoms with van der Waals surface area (Å²) in [5.74, 6) is -0.0621. The Kier molecular flexibility index (Phi) is 6.37. The number of aryl methyl sites for hydroxylation is 1. The van der Waals surface area contributed by atoms with E-state index in [-0.39, 0.29) is 11.7 Å². The van der Waals surface area contributed by atoms with Gasteiger partial charge in [-0.3, -0.25) is 0 Å². The highest BCUT2D eigenvalue weighted by Crippen LogP contribution is 2.34. The Bertz CT molecular complexity index is 1420. The van der Waals surface area contributed by atoms with Crippen molar-refractivity contribution < 1.29 is 23.7 Å². The first-order valence-electron chi connectivity index (χ1n) is 12.2. The van der Waals surface area contributed by atoms with Crippen LogP contribution in [0.4, 0.5) is 10.1 Å². The Balaban J connectivity index is 1.32. The molecular weight excluding hydrogens is 477 g/mol. The minimum Gasteiger partial charge on any atom is -0.468 e. The number of fused-ring (bicyclic) bond motifs is 1. The summed E-state index contributed by atoms with van der Waals surface area (Å²) >= 11 is 0. The van der Waals surface area contributed by atoms with E-state index in [4.69, 9.17) is 14.2 Å². The fourth-order valence-corrected chi connectivity index (χ4v) is 4.60. The maximum Gasteiger partial charge on any atom is 0.233 e. The van der Waals surface area contributed by atoms with E-state index in [0.29, 0.717) is 54.8 Å². The molecule has 2 aliphatic rings. The number of hydrogen-bond acceptors (Lipinski definition) is 9. The van der Waals surface area contributed by atoms with Gasteiger partial charge in [-0.15, -0.1) is 10.2 Å². The SMILES string of the molecule is Cc1cc(F)c(-c2ncnc3cc(N4CCOCC4)ccc23)cc1C(O)c1ccc(OC2COC2)nn1. The average Bonchev–Trinajstić information content (AvgIpc) is 2.91. The zero-order valence-corrected chi connectivity index (χ0v) is 20.3. The third-order valence-corrected chi connectivity index (χ3v) is 6.74. The Morgan fingerprint density at radius 2 is 1.86 bits per heavy atom. The van der Waals surface area contributed by atoms with Crippen molar-refractivity contribution in [3.63, 3.8) is 0 Å². The van der Waals surface area contributed by atoms with Crippen LogP contribution in [-0.4, -0.2) is 70.9 Å². The van der Waals surface area contributed by atoms with Crippen molar-refractivity contribution in [1.82, 2.24) is 20.2 Å². The van der Waals surface area contributed by atoms with Crippen LogP contribution < -0.4 is 9.64 Å². The molecular formula is C27H26FN5O4. The summed E-state index contributed by atoms with van der Waals surface area (Å²) in [5, 5.41) is 20.1. The molecule has 4 aromatic rings. The standard InChI is InChI=1S/C27H26FN5O4/c1-16-10-22(28)21(12-20(16)27(34)23-4-5-25(32-31-23)37-18-13-36-14-18)26-19-3-2-17(11-24(19)29-15-30-26)33-6-8-35-9-7-33/h2-5,10-12,15,18,27,34H,6-9,13-14H2,1H3. The molecule has 2 fully saturated rings. The van der Waals surface area contributed by atoms with Gasteiger partial charge in [-0.2, -0.15) is 0 Å². The largest absolute Gasteiger partial charge is 0.468 e. The van der Waals surface area contributed by atoms with Crippen molar-refractivity contribution in [2.45, 2.75) is 19.1 Å². The van der Waals surface area contributed by atoms with E-state index in [2.05, 4.69) is 25.1 Å². The molecule has 2 saturated heterocycles. The fourth-order valence-electron chi connectivity index (χ4n) is 4.60. The van der Waals surface area contributed by atoms with Crippen molar-refractivity contribution in [1.29, 1.82) is 0 Å². The summed E-state index contributed by atoms with van der Waals surface area (Å²) in [6.07, 6.45) is 0.307. The quantitative estimate of drug-likeness (QED) is 0.425. The van der Waals surface area contributed by atoms with Crippen LogP contribution in [0.25, 0.3) is 22.2 Å². The van der Waals surface area contributed by atoms with Crippen molar-refractivity contribution in [3.05, 3.63) is 71.4 Å². The monoisotopic (exact) mass is 503 g/mol. The Morgan fingerprint density at radius 3 is 2.59 bits per heavy atom. The van der Waals surface area contributed by atoms with E-state index < -0.39 is 11.9 Å². The predicted molar refractivity (Wildman–Crippen MR) is 134 cm³/mol. The highest BCUT2D eigenvalue weighted by atomic mass is 19.1. The summed E-state index contributed by atoms with van der Waals surface area (Å²) < 4.78 is 31.5. The first-order valence-corrected chi connectivity index (χ1v) is 12.2. The number of aliphatic hydroxyl groups excluding tert-OH is 1. The van der Waals surface area contributed by atoms with Crippen LogP contribution in [0.3, 0.4) is 0 Å². The number of aromatic nitrogens is 4. The molecule has 9 nitrogen and oxygen atoms in total. The van der Waals surface area contributed by atoms with Crippen LogP contribution >= 0.6 is 0 Å². The first-order chi connectivity index (χ1) is 18.1. The lowest BCUT2D eigenvalue weighted by molar-refractivity contribution is -0.0816. The predicted octanol–water partition coefficient (Wildman–Crippen LogP) is 3.23. The lowest BCUT2D eigenvalue weighted by atomic mass is 9.95. The molecule has 2 aromatic heterocycles. The van der Waals surface area contributed by atoms with Crippen molar-refractivity contribution in [2.24, 2.45) is 0 Å². The molecule has 2 aliphatic heterocycles. The van der Waals surface area contributed by atoms with Crippen LogP contribution in [0.5, 0.6) is 5.88 Å². The normalized spacial score (nSPS) is 17.0. The summed E-state index contributed by atoms with van der Waals surface area (Å²) in [6.45, 7) is 5.78. The molecule has 0 amide bonds. The highest BCUT2D eigenvalue weighted by molar-refractivity contribution is 5.94. The number of morpholine rings is 1. The van der Waals surface area contributed by atoms with Crippen LogP contribution in [0, 0.1) is 12.7 Å². The van der Waals surface area contributed by atoms with Gasteiger partial charge in [0.2, 0.25) is 5.88 Å². The zero-order valence-electron chi connectivity index (χ0n) is 20.3. The molecule has 1 unspecified atom stereocenters. The van der Waals surface area contributed by atoms with Crippen LogP contribution in [-0.2, 0) is 9.47 Å². The molecule has 2 aromatic carbocycles. The van der Waals surface area contributed by atoms with Gasteiger partial charge >= 0.3 is 0 Å². The summed E-state index contributed by atoms with van der Waals surface area (Å²) in [5.41, 5.74) is 3.94. The lowest BCUT2D eigenvalue weighted by Crippen LogP contribution is -2.38. The number of halogens is 1. The minimum atomic E-state index is -1.10. The van der Waals surface area contributed by atoms with Gasteiger partial charge in [0.05, 0.1) is 43.3 Å². The van der Waals surface area contributed by atoms with E-state index in [9.17, 15) is 5.11 Å². The van der Waals surface area contributed by atoms with Gasteiger partial charge in [0, 0.05) is 35.8 Å². The second-order valence-corrected chi connectivity index (χ2v) is 9.19. The number of nitrogens with zero attached hydrogens (tertiary/aromatic N) is 5. The molecule has 6 rings (SSSR count). The summed E-state index contributed by atoms with van der Waals surface area (Å²) in [6, 6.07) is 12.3. The van der Waals surface area contributed by atoms with Gasteiger partial charge in [0.15, 0.2) is 0 Å². The molecule has 0 aliphatic carbocycles. The second-order valence-electron chi connectivity index (χ2n) is 9.19. The van der Waals surface area contributed by atoms with E-state index in [1.54, 1.807) is 25.1 Å². The van der Waals surface area contributed by atoms with Crippen molar-refractivity contribution in [3.8, 4) is 17.1 Å². The van der Waals surface area contributed by atoms with Crippen LogP contribution in [0.2, 0.25) is 0 Å². The van der Waals surface area contributed by atoms with E-state index in [1.807, 2.05) is 18.2 Å². The van der Waals surface area contributed by atoms with Gasteiger partial charge in [0.1, 0.15) is 24.4 Å². The molecule has 1 atom stereocenters. The van der Waals surface area contributed by atoms with Gasteiger partial charge in [-0.25, -0.2) is 14.4 Å². The van der Waals surface area contributed by atoms with E-state index >= 15 is 4.39 Å². The molecule has 0 saturated carbocycles. The molecule has 37 heavy (non-hydrogen) atoms. The lowest BCUT2D eigenvalue weighted by Gasteiger charge is -2.29. The summed E-state index contributed by atoms with van der Waals surface area (Å²) in [7, 11) is 0. The second kappa shape index (κ2) is 9.97. The molecule has 1 N–H and O–H groups in total. The molecule has 4 heterocycles. The van der Waals surface area contributed by atoms with Crippen LogP contribution in [0.1, 0.15) is 22.9 Å². The van der Waals surface area contributed by atoms with Gasteiger partial charge in [-0.05, 0) is 54.4 Å². The maximum atomic E-state index is 15.3. The highest BCUT2D eigenvalue weighted by Gasteiger charge is 2.23. The Labute approximate surface area is 212 Å². The maximum absolute atomic E-state index is 15.3. The third-order valence-electron chi connectivity index (χ3n) is 6.74. The molecule has 0 bridgehead atoms. The Morgan fingerprint density at radius 1 is 1.03 bits per heavy atom. The smallest absolute Gasteiger partial charge is 0.233 e. The Hall–Kier alpha value is -3.73. The molecule has 0 spiro atoms. The van der Waals surface area contributed by atoms with Gasteiger partial charge in [-0.1, -0.05) is 0 Å². The number of rotatable bonds is 6. The molecule has 10 heteroatoms. The number of ether oxygens (including phenoxy) is 3.